The fourth-order valence-corrected chi connectivity index (χ4v) is 2.69. The molecule has 20 heavy (non-hydrogen) atoms. The molecule has 0 radical (unpaired) electrons. The Morgan fingerprint density at radius 1 is 1.45 bits per heavy atom. The molecule has 2 rings (SSSR count). The van der Waals surface area contributed by atoms with Crippen LogP contribution >= 0.6 is 12.2 Å². The van der Waals surface area contributed by atoms with Crippen molar-refractivity contribution in [3.05, 3.63) is 29.3 Å². The van der Waals surface area contributed by atoms with Crippen molar-refractivity contribution in [2.45, 2.75) is 25.8 Å². The second kappa shape index (κ2) is 6.45. The van der Waals surface area contributed by atoms with Crippen LogP contribution in [-0.2, 0) is 0 Å². The number of hydrogen-bond donors (Lipinski definition) is 2. The molecule has 1 unspecified atom stereocenters. The summed E-state index contributed by atoms with van der Waals surface area (Å²) >= 11 is 4.69. The van der Waals surface area contributed by atoms with E-state index in [1.165, 1.54) is 12.1 Å². The molecular weight excluding hydrogens is 280 g/mol. The van der Waals surface area contributed by atoms with Gasteiger partial charge in [0.2, 0.25) is 0 Å². The highest BCUT2D eigenvalue weighted by Gasteiger charge is 2.21. The number of benzene rings is 1. The molecule has 0 aliphatic carbocycles. The zero-order valence-electron chi connectivity index (χ0n) is 11.5. The summed E-state index contributed by atoms with van der Waals surface area (Å²) in [6, 6.07) is 3.05. The van der Waals surface area contributed by atoms with E-state index in [2.05, 4.69) is 29.4 Å². The summed E-state index contributed by atoms with van der Waals surface area (Å²) in [6.07, 6.45) is 2.01. The topological polar surface area (TPSA) is 41.3 Å². The molecule has 1 aliphatic rings. The van der Waals surface area contributed by atoms with Crippen LogP contribution < -0.4 is 11.1 Å². The molecule has 6 heteroatoms. The summed E-state index contributed by atoms with van der Waals surface area (Å²) in [5.74, 6) is -1.89. The third-order valence-corrected chi connectivity index (χ3v) is 3.88. The quantitative estimate of drug-likeness (QED) is 0.838. The predicted molar refractivity (Wildman–Crippen MR) is 81.0 cm³/mol. The molecular formula is C14H19F2N3S. The Balaban J connectivity index is 2.14. The summed E-state index contributed by atoms with van der Waals surface area (Å²) in [4.78, 5) is 2.15. The average molecular weight is 299 g/mol. The Morgan fingerprint density at radius 2 is 2.20 bits per heavy atom. The molecule has 0 bridgehead atoms. The minimum atomic E-state index is -0.981. The van der Waals surface area contributed by atoms with Crippen LogP contribution in [0.5, 0.6) is 0 Å². The van der Waals surface area contributed by atoms with Crippen molar-refractivity contribution in [1.82, 2.24) is 4.90 Å². The molecule has 3 N–H and O–H groups in total. The summed E-state index contributed by atoms with van der Waals surface area (Å²) in [6.45, 7) is 4.97. The van der Waals surface area contributed by atoms with Crippen LogP contribution in [0.2, 0.25) is 0 Å². The second-order valence-corrected chi connectivity index (χ2v) is 5.47. The fraction of sp³-hybridized carbons (Fsp3) is 0.500. The Kier molecular flexibility index (Phi) is 4.88. The van der Waals surface area contributed by atoms with Gasteiger partial charge in [0.05, 0.1) is 5.69 Å². The first-order chi connectivity index (χ1) is 9.52. The standard InChI is InChI=1S/C14H19F2N3S/c1-2-19-7-3-4-9(8-19)18-11-6-5-10(14(17)20)12(15)13(11)16/h5-6,9,18H,2-4,7-8H2,1H3,(H2,17,20). The number of anilines is 1. The number of rotatable bonds is 4. The van der Waals surface area contributed by atoms with E-state index in [-0.39, 0.29) is 22.3 Å². The number of thiocarbonyl (C=S) groups is 1. The fourth-order valence-electron chi connectivity index (χ4n) is 2.53. The van der Waals surface area contributed by atoms with Gasteiger partial charge in [-0.25, -0.2) is 8.78 Å². The third kappa shape index (κ3) is 3.24. The van der Waals surface area contributed by atoms with E-state index in [0.717, 1.165) is 32.5 Å². The number of likely N-dealkylation sites (tertiary alicyclic amines) is 1. The van der Waals surface area contributed by atoms with Gasteiger partial charge >= 0.3 is 0 Å². The number of nitrogens with zero attached hydrogens (tertiary/aromatic N) is 1. The smallest absolute Gasteiger partial charge is 0.182 e. The van der Waals surface area contributed by atoms with Crippen molar-refractivity contribution in [1.29, 1.82) is 0 Å². The Hall–Kier alpha value is -1.27. The summed E-state index contributed by atoms with van der Waals surface area (Å²) < 4.78 is 27.8. The van der Waals surface area contributed by atoms with Crippen molar-refractivity contribution in [3.63, 3.8) is 0 Å². The highest BCUT2D eigenvalue weighted by molar-refractivity contribution is 7.80. The van der Waals surface area contributed by atoms with Crippen LogP contribution in [0.15, 0.2) is 12.1 Å². The first kappa shape index (κ1) is 15.1. The molecule has 3 nitrogen and oxygen atoms in total. The number of hydrogen-bond acceptors (Lipinski definition) is 3. The molecule has 1 aliphatic heterocycles. The lowest BCUT2D eigenvalue weighted by atomic mass is 10.0. The molecule has 110 valence electrons. The van der Waals surface area contributed by atoms with E-state index >= 15 is 0 Å². The number of likely N-dealkylation sites (N-methyl/N-ethyl adjacent to an activating group) is 1. The first-order valence-corrected chi connectivity index (χ1v) is 7.20. The molecule has 1 heterocycles. The van der Waals surface area contributed by atoms with Crippen molar-refractivity contribution in [3.8, 4) is 0 Å². The molecule has 0 aromatic heterocycles. The Morgan fingerprint density at radius 3 is 2.85 bits per heavy atom. The lowest BCUT2D eigenvalue weighted by Crippen LogP contribution is -2.42. The van der Waals surface area contributed by atoms with Crippen LogP contribution in [0.25, 0.3) is 0 Å². The van der Waals surface area contributed by atoms with Gasteiger partial charge in [-0.05, 0) is 38.1 Å². The molecule has 1 atom stereocenters. The van der Waals surface area contributed by atoms with Gasteiger partial charge in [-0.1, -0.05) is 19.1 Å². The largest absolute Gasteiger partial charge is 0.389 e. The van der Waals surface area contributed by atoms with Gasteiger partial charge in [-0.15, -0.1) is 0 Å². The maximum absolute atomic E-state index is 14.0. The van der Waals surface area contributed by atoms with E-state index < -0.39 is 11.6 Å². The van der Waals surface area contributed by atoms with Gasteiger partial charge in [-0.2, -0.15) is 0 Å². The molecule has 1 aromatic rings. The predicted octanol–water partition coefficient (Wildman–Crippen LogP) is 2.50. The van der Waals surface area contributed by atoms with Crippen LogP contribution in [0.1, 0.15) is 25.3 Å². The summed E-state index contributed by atoms with van der Waals surface area (Å²) in [5, 5.41) is 3.08. The zero-order chi connectivity index (χ0) is 14.7. The van der Waals surface area contributed by atoms with E-state index in [0.29, 0.717) is 0 Å². The molecule has 1 fully saturated rings. The minimum absolute atomic E-state index is 0.0538. The molecule has 1 saturated heterocycles. The van der Waals surface area contributed by atoms with Crippen molar-refractivity contribution >= 4 is 22.9 Å². The van der Waals surface area contributed by atoms with Crippen molar-refractivity contribution < 1.29 is 8.78 Å². The van der Waals surface area contributed by atoms with Gasteiger partial charge in [0.25, 0.3) is 0 Å². The SMILES string of the molecule is CCN1CCCC(Nc2ccc(C(N)=S)c(F)c2F)C1. The van der Waals surface area contributed by atoms with Gasteiger partial charge in [0.1, 0.15) is 4.99 Å². The van der Waals surface area contributed by atoms with Gasteiger partial charge < -0.3 is 16.0 Å². The highest BCUT2D eigenvalue weighted by Crippen LogP contribution is 2.23. The van der Waals surface area contributed by atoms with Crippen LogP contribution in [0.3, 0.4) is 0 Å². The summed E-state index contributed by atoms with van der Waals surface area (Å²) in [5.41, 5.74) is 5.47. The third-order valence-electron chi connectivity index (χ3n) is 3.66. The number of nitrogens with one attached hydrogen (secondary N) is 1. The molecule has 0 spiro atoms. The number of piperidine rings is 1. The Bertz CT molecular complexity index is 507. The van der Waals surface area contributed by atoms with E-state index in [1.807, 2.05) is 0 Å². The number of halogens is 2. The maximum Gasteiger partial charge on any atom is 0.182 e. The lowest BCUT2D eigenvalue weighted by Gasteiger charge is -2.33. The van der Waals surface area contributed by atoms with E-state index in [4.69, 9.17) is 5.73 Å². The van der Waals surface area contributed by atoms with Gasteiger partial charge in [0, 0.05) is 18.2 Å². The van der Waals surface area contributed by atoms with Crippen molar-refractivity contribution in [2.24, 2.45) is 5.73 Å². The molecule has 1 aromatic carbocycles. The maximum atomic E-state index is 14.0. The summed E-state index contributed by atoms with van der Waals surface area (Å²) in [7, 11) is 0. The van der Waals surface area contributed by atoms with Crippen molar-refractivity contribution in [2.75, 3.05) is 25.0 Å². The van der Waals surface area contributed by atoms with Crippen LogP contribution in [0.4, 0.5) is 14.5 Å². The minimum Gasteiger partial charge on any atom is -0.389 e. The second-order valence-electron chi connectivity index (χ2n) is 5.03. The highest BCUT2D eigenvalue weighted by atomic mass is 32.1. The average Bonchev–Trinajstić information content (AvgIpc) is 2.44. The normalized spacial score (nSPS) is 19.9. The Labute approximate surface area is 123 Å². The van der Waals surface area contributed by atoms with Gasteiger partial charge in [-0.3, -0.25) is 0 Å². The van der Waals surface area contributed by atoms with Gasteiger partial charge in [0.15, 0.2) is 11.6 Å². The van der Waals surface area contributed by atoms with Crippen LogP contribution in [-0.4, -0.2) is 35.6 Å². The lowest BCUT2D eigenvalue weighted by molar-refractivity contribution is 0.226. The molecule has 0 saturated carbocycles. The van der Waals surface area contributed by atoms with E-state index in [9.17, 15) is 8.78 Å². The number of nitrogens with two attached hydrogens (primary N) is 1. The monoisotopic (exact) mass is 299 g/mol. The zero-order valence-corrected chi connectivity index (χ0v) is 12.3. The molecule has 0 amide bonds. The van der Waals surface area contributed by atoms with Crippen LogP contribution in [0, 0.1) is 11.6 Å². The van der Waals surface area contributed by atoms with E-state index in [1.54, 1.807) is 0 Å². The first-order valence-electron chi connectivity index (χ1n) is 6.79.